The molecule has 1 N–H and O–H groups in total. The Hall–Kier alpha value is -1.11. The molecule has 1 heterocycles. The predicted octanol–water partition coefficient (Wildman–Crippen LogP) is 2.65. The molecule has 1 aromatic rings. The van der Waals surface area contributed by atoms with Crippen LogP contribution in [0.1, 0.15) is 43.0 Å². The van der Waals surface area contributed by atoms with Crippen LogP contribution in [0.15, 0.2) is 23.1 Å². The molecule has 23 heavy (non-hydrogen) atoms. The molecule has 5 nitrogen and oxygen atoms in total. The maximum Gasteiger partial charge on any atom is 0.253 e. The molecule has 1 aliphatic carbocycles. The third-order valence-electron chi connectivity index (χ3n) is 4.48. The monoisotopic (exact) mass is 356 g/mol. The largest absolute Gasteiger partial charge is 0.349 e. The molecule has 1 amide bonds. The first-order valence-corrected chi connectivity index (χ1v) is 9.80. The fourth-order valence-electron chi connectivity index (χ4n) is 2.70. The third kappa shape index (κ3) is 3.70. The van der Waals surface area contributed by atoms with E-state index in [0.29, 0.717) is 19.0 Å². The van der Waals surface area contributed by atoms with Crippen molar-refractivity contribution < 1.29 is 13.2 Å². The minimum absolute atomic E-state index is 0.136. The van der Waals surface area contributed by atoms with Gasteiger partial charge in [-0.15, -0.1) is 0 Å². The number of amides is 1. The molecule has 1 aromatic carbocycles. The minimum atomic E-state index is -3.58. The van der Waals surface area contributed by atoms with Gasteiger partial charge in [0.25, 0.3) is 5.91 Å². The van der Waals surface area contributed by atoms with Crippen molar-refractivity contribution in [1.29, 1.82) is 0 Å². The standard InChI is InChI=1S/C16H21ClN2O3S/c1-11-6-8-19(9-7-11)23(21,22)13-4-5-15(17)14(10-13)16(20)18-12-2-3-12/h4-5,10-12H,2-3,6-9H2,1H3,(H,18,20). The van der Waals surface area contributed by atoms with Crippen LogP contribution in [0.2, 0.25) is 5.02 Å². The molecule has 1 saturated heterocycles. The zero-order valence-corrected chi connectivity index (χ0v) is 14.7. The number of sulfonamides is 1. The van der Waals surface area contributed by atoms with Crippen molar-refractivity contribution in [2.75, 3.05) is 13.1 Å². The van der Waals surface area contributed by atoms with Gasteiger partial charge in [0, 0.05) is 19.1 Å². The highest BCUT2D eigenvalue weighted by Crippen LogP contribution is 2.27. The first kappa shape index (κ1) is 16.7. The van der Waals surface area contributed by atoms with E-state index in [1.165, 1.54) is 22.5 Å². The Morgan fingerprint density at radius 1 is 1.22 bits per heavy atom. The molecule has 1 saturated carbocycles. The fourth-order valence-corrected chi connectivity index (χ4v) is 4.40. The van der Waals surface area contributed by atoms with E-state index in [4.69, 9.17) is 11.6 Å². The smallest absolute Gasteiger partial charge is 0.253 e. The summed E-state index contributed by atoms with van der Waals surface area (Å²) >= 11 is 6.08. The topological polar surface area (TPSA) is 66.5 Å². The van der Waals surface area contributed by atoms with Gasteiger partial charge >= 0.3 is 0 Å². The summed E-state index contributed by atoms with van der Waals surface area (Å²) in [7, 11) is -3.58. The van der Waals surface area contributed by atoms with Crippen molar-refractivity contribution >= 4 is 27.5 Å². The number of halogens is 1. The molecule has 0 unspecified atom stereocenters. The summed E-state index contributed by atoms with van der Waals surface area (Å²) in [4.78, 5) is 12.3. The van der Waals surface area contributed by atoms with Crippen molar-refractivity contribution in [1.82, 2.24) is 9.62 Å². The van der Waals surface area contributed by atoms with E-state index in [0.717, 1.165) is 25.7 Å². The van der Waals surface area contributed by atoms with Gasteiger partial charge in [0.1, 0.15) is 0 Å². The average molecular weight is 357 g/mol. The predicted molar refractivity (Wildman–Crippen MR) is 89.1 cm³/mol. The Morgan fingerprint density at radius 3 is 2.48 bits per heavy atom. The molecule has 2 aliphatic rings. The molecule has 0 spiro atoms. The van der Waals surface area contributed by atoms with E-state index in [9.17, 15) is 13.2 Å². The molecule has 3 rings (SSSR count). The van der Waals surface area contributed by atoms with E-state index in [-0.39, 0.29) is 27.4 Å². The van der Waals surface area contributed by atoms with E-state index < -0.39 is 10.0 Å². The van der Waals surface area contributed by atoms with Crippen molar-refractivity contribution in [2.45, 2.75) is 43.5 Å². The van der Waals surface area contributed by atoms with Crippen molar-refractivity contribution in [3.05, 3.63) is 28.8 Å². The van der Waals surface area contributed by atoms with E-state index in [1.54, 1.807) is 0 Å². The molecular weight excluding hydrogens is 336 g/mol. The number of nitrogens with zero attached hydrogens (tertiary/aromatic N) is 1. The number of hydrogen-bond acceptors (Lipinski definition) is 3. The highest BCUT2D eigenvalue weighted by Gasteiger charge is 2.30. The lowest BCUT2D eigenvalue weighted by molar-refractivity contribution is 0.0951. The lowest BCUT2D eigenvalue weighted by Crippen LogP contribution is -2.38. The summed E-state index contributed by atoms with van der Waals surface area (Å²) in [6, 6.07) is 4.56. The second kappa shape index (κ2) is 6.42. The van der Waals surface area contributed by atoms with Gasteiger partial charge in [0.15, 0.2) is 0 Å². The summed E-state index contributed by atoms with van der Waals surface area (Å²) < 4.78 is 27.0. The number of nitrogens with one attached hydrogen (secondary N) is 1. The minimum Gasteiger partial charge on any atom is -0.349 e. The zero-order valence-electron chi connectivity index (χ0n) is 13.1. The number of carbonyl (C=O) groups excluding carboxylic acids is 1. The Balaban J connectivity index is 1.85. The summed E-state index contributed by atoms with van der Waals surface area (Å²) in [5.41, 5.74) is 0.227. The molecule has 0 atom stereocenters. The first-order valence-electron chi connectivity index (χ1n) is 7.98. The molecule has 0 bridgehead atoms. The van der Waals surface area contributed by atoms with Crippen LogP contribution in [0.25, 0.3) is 0 Å². The molecule has 0 aromatic heterocycles. The lowest BCUT2D eigenvalue weighted by Gasteiger charge is -2.29. The Kier molecular flexibility index (Phi) is 4.67. The summed E-state index contributed by atoms with van der Waals surface area (Å²) in [6.45, 7) is 3.18. The molecule has 1 aliphatic heterocycles. The van der Waals surface area contributed by atoms with Crippen molar-refractivity contribution in [2.24, 2.45) is 5.92 Å². The van der Waals surface area contributed by atoms with Gasteiger partial charge in [0.2, 0.25) is 10.0 Å². The van der Waals surface area contributed by atoms with Crippen LogP contribution >= 0.6 is 11.6 Å². The molecule has 0 radical (unpaired) electrons. The number of carbonyl (C=O) groups is 1. The summed E-state index contributed by atoms with van der Waals surface area (Å²) in [5.74, 6) is 0.244. The van der Waals surface area contributed by atoms with Crippen LogP contribution in [0.4, 0.5) is 0 Å². The quantitative estimate of drug-likeness (QED) is 0.901. The Bertz CT molecular complexity index is 708. The number of benzene rings is 1. The van der Waals surface area contributed by atoms with Gasteiger partial charge in [0.05, 0.1) is 15.5 Å². The Morgan fingerprint density at radius 2 is 1.87 bits per heavy atom. The highest BCUT2D eigenvalue weighted by molar-refractivity contribution is 7.89. The van der Waals surface area contributed by atoms with Crippen LogP contribution < -0.4 is 5.32 Å². The number of rotatable bonds is 4. The number of hydrogen-bond donors (Lipinski definition) is 1. The zero-order chi connectivity index (χ0) is 16.6. The van der Waals surface area contributed by atoms with E-state index >= 15 is 0 Å². The van der Waals surface area contributed by atoms with Gasteiger partial charge in [-0.2, -0.15) is 4.31 Å². The van der Waals surface area contributed by atoms with Gasteiger partial charge < -0.3 is 5.32 Å². The van der Waals surface area contributed by atoms with E-state index in [2.05, 4.69) is 12.2 Å². The highest BCUT2D eigenvalue weighted by atomic mass is 35.5. The molecule has 2 fully saturated rings. The normalized spacial score (nSPS) is 20.4. The Labute approximate surface area is 142 Å². The number of piperidine rings is 1. The maximum absolute atomic E-state index is 12.8. The SMILES string of the molecule is CC1CCN(S(=O)(=O)c2ccc(Cl)c(C(=O)NC3CC3)c2)CC1. The molecule has 7 heteroatoms. The van der Waals surface area contributed by atoms with Crippen LogP contribution in [0, 0.1) is 5.92 Å². The lowest BCUT2D eigenvalue weighted by atomic mass is 10.0. The fraction of sp³-hybridized carbons (Fsp3) is 0.562. The van der Waals surface area contributed by atoms with Gasteiger partial charge in [-0.05, 0) is 49.8 Å². The van der Waals surface area contributed by atoms with Crippen LogP contribution in [-0.2, 0) is 10.0 Å². The van der Waals surface area contributed by atoms with Crippen molar-refractivity contribution in [3.63, 3.8) is 0 Å². The third-order valence-corrected chi connectivity index (χ3v) is 6.70. The van der Waals surface area contributed by atoms with Gasteiger partial charge in [-0.3, -0.25) is 4.79 Å². The van der Waals surface area contributed by atoms with Crippen LogP contribution in [-0.4, -0.2) is 37.8 Å². The van der Waals surface area contributed by atoms with Crippen molar-refractivity contribution in [3.8, 4) is 0 Å². The second-order valence-corrected chi connectivity index (χ2v) is 8.82. The van der Waals surface area contributed by atoms with E-state index in [1.807, 2.05) is 0 Å². The average Bonchev–Trinajstić information content (AvgIpc) is 3.31. The van der Waals surface area contributed by atoms with Gasteiger partial charge in [-0.25, -0.2) is 8.42 Å². The summed E-state index contributed by atoms with van der Waals surface area (Å²) in [6.07, 6.45) is 3.66. The van der Waals surface area contributed by atoms with Gasteiger partial charge in [-0.1, -0.05) is 18.5 Å². The maximum atomic E-state index is 12.8. The molecule has 126 valence electrons. The second-order valence-electron chi connectivity index (χ2n) is 6.48. The van der Waals surface area contributed by atoms with Crippen LogP contribution in [0.3, 0.4) is 0 Å². The van der Waals surface area contributed by atoms with Crippen LogP contribution in [0.5, 0.6) is 0 Å². The first-order chi connectivity index (χ1) is 10.9. The summed E-state index contributed by atoms with van der Waals surface area (Å²) in [5, 5.41) is 3.12. The molecular formula is C16H21ClN2O3S.